The summed E-state index contributed by atoms with van der Waals surface area (Å²) in [6.45, 7) is 5.02. The molecule has 0 aromatic rings. The predicted molar refractivity (Wildman–Crippen MR) is 79.1 cm³/mol. The fourth-order valence-corrected chi connectivity index (χ4v) is 7.83. The van der Waals surface area contributed by atoms with Crippen molar-refractivity contribution in [3.05, 3.63) is 0 Å². The number of nitrogens with two attached hydrogens (primary N) is 1. The Hall–Kier alpha value is 0.0169. The van der Waals surface area contributed by atoms with E-state index in [4.69, 9.17) is 19.3 Å². The second-order valence-corrected chi connectivity index (χ2v) is 8.93. The third kappa shape index (κ3) is 2.50. The van der Waals surface area contributed by atoms with E-state index in [2.05, 4.69) is 19.2 Å². The Morgan fingerprint density at radius 2 is 1.84 bits per heavy atom. The Morgan fingerprint density at radius 3 is 2.26 bits per heavy atom. The quantitative estimate of drug-likeness (QED) is 0.549. The van der Waals surface area contributed by atoms with Gasteiger partial charge in [0.1, 0.15) is 5.22 Å². The lowest BCUT2D eigenvalue weighted by atomic mass is 9.92. The van der Waals surface area contributed by atoms with Gasteiger partial charge in [0, 0.05) is 21.3 Å². The molecule has 1 heterocycles. The van der Waals surface area contributed by atoms with Gasteiger partial charge in [-0.1, -0.05) is 20.3 Å². The molecule has 0 aromatic heterocycles. The number of hydrogen-bond donors (Lipinski definition) is 2. The van der Waals surface area contributed by atoms with E-state index in [1.165, 1.54) is 0 Å². The molecule has 1 rings (SSSR count). The third-order valence-corrected chi connectivity index (χ3v) is 8.98. The van der Waals surface area contributed by atoms with Crippen molar-refractivity contribution in [1.29, 1.82) is 0 Å². The zero-order chi connectivity index (χ0) is 14.6. The van der Waals surface area contributed by atoms with Gasteiger partial charge >= 0.3 is 8.56 Å². The minimum atomic E-state index is -2.51. The van der Waals surface area contributed by atoms with Gasteiger partial charge in [0.15, 0.2) is 0 Å². The van der Waals surface area contributed by atoms with Crippen molar-refractivity contribution in [1.82, 2.24) is 5.32 Å². The first kappa shape index (κ1) is 17.1. The number of ether oxygens (including phenoxy) is 1. The molecule has 1 saturated heterocycles. The van der Waals surface area contributed by atoms with Gasteiger partial charge in [-0.2, -0.15) is 0 Å². The van der Waals surface area contributed by atoms with Gasteiger partial charge in [0.2, 0.25) is 0 Å². The summed E-state index contributed by atoms with van der Waals surface area (Å²) >= 11 is 0. The fraction of sp³-hybridized carbons (Fsp3) is 1.00. The molecular weight excluding hydrogens is 260 g/mol. The van der Waals surface area contributed by atoms with E-state index < -0.39 is 19.4 Å². The molecule has 0 saturated carbocycles. The largest absolute Gasteiger partial charge is 0.396 e. The first-order valence-electron chi connectivity index (χ1n) is 7.20. The van der Waals surface area contributed by atoms with Crippen LogP contribution in [0.2, 0.25) is 6.04 Å². The van der Waals surface area contributed by atoms with Crippen LogP contribution in [0.5, 0.6) is 0 Å². The molecule has 0 bridgehead atoms. The standard InChI is InChI=1S/C13H30N2O3Si/c1-6-9-13(16-3)12(14,15-7-2)10-8-11-19(13,17-4)18-5/h15H,6-11,14H2,1-5H3. The number of likely N-dealkylation sites (N-methyl/N-ethyl adjacent to an activating group) is 1. The number of rotatable bonds is 7. The maximum absolute atomic E-state index is 6.71. The summed E-state index contributed by atoms with van der Waals surface area (Å²) in [5.41, 5.74) is 6.13. The maximum Gasteiger partial charge on any atom is 0.374 e. The molecule has 3 N–H and O–H groups in total. The molecule has 0 amide bonds. The van der Waals surface area contributed by atoms with Crippen molar-refractivity contribution in [2.75, 3.05) is 27.9 Å². The van der Waals surface area contributed by atoms with Crippen LogP contribution in [0.15, 0.2) is 0 Å². The summed E-state index contributed by atoms with van der Waals surface area (Å²) in [5.74, 6) is 0. The van der Waals surface area contributed by atoms with Crippen molar-refractivity contribution in [3.8, 4) is 0 Å². The molecule has 114 valence electrons. The summed E-state index contributed by atoms with van der Waals surface area (Å²) in [6, 6.07) is 0.929. The number of nitrogens with one attached hydrogen (secondary N) is 1. The molecule has 1 fully saturated rings. The summed E-state index contributed by atoms with van der Waals surface area (Å²) < 4.78 is 17.8. The van der Waals surface area contributed by atoms with E-state index in [0.29, 0.717) is 0 Å². The van der Waals surface area contributed by atoms with Gasteiger partial charge in [-0.05, 0) is 31.9 Å². The van der Waals surface area contributed by atoms with Crippen molar-refractivity contribution < 1.29 is 13.6 Å². The zero-order valence-corrected chi connectivity index (χ0v) is 14.0. The van der Waals surface area contributed by atoms with Gasteiger partial charge in [-0.15, -0.1) is 0 Å². The Bertz CT molecular complexity index is 285. The Kier molecular flexibility index (Phi) is 5.97. The second-order valence-electron chi connectivity index (χ2n) is 5.30. The Balaban J connectivity index is 3.31. The summed E-state index contributed by atoms with van der Waals surface area (Å²) in [7, 11) is 2.69. The molecule has 6 heteroatoms. The fourth-order valence-electron chi connectivity index (χ4n) is 3.71. The van der Waals surface area contributed by atoms with Gasteiger partial charge in [0.25, 0.3) is 0 Å². The molecule has 0 spiro atoms. The smallest absolute Gasteiger partial charge is 0.374 e. The van der Waals surface area contributed by atoms with Gasteiger partial charge < -0.3 is 19.3 Å². The lowest BCUT2D eigenvalue weighted by Crippen LogP contribution is -2.82. The van der Waals surface area contributed by atoms with E-state index in [9.17, 15) is 0 Å². The predicted octanol–water partition coefficient (Wildman–Crippen LogP) is 1.50. The van der Waals surface area contributed by atoms with Crippen molar-refractivity contribution in [3.63, 3.8) is 0 Å². The highest BCUT2D eigenvalue weighted by Gasteiger charge is 2.68. The van der Waals surface area contributed by atoms with Crippen LogP contribution in [0.25, 0.3) is 0 Å². The highest BCUT2D eigenvalue weighted by atomic mass is 28.4. The normalized spacial score (nSPS) is 34.4. The Morgan fingerprint density at radius 1 is 1.21 bits per heavy atom. The first-order valence-corrected chi connectivity index (χ1v) is 9.23. The SMILES string of the molecule is CCCC1(OC)C(N)(NCC)CCC[Si]1(OC)OC. The minimum absolute atomic E-state index is 0.549. The van der Waals surface area contributed by atoms with Crippen LogP contribution in [0.1, 0.15) is 39.5 Å². The lowest BCUT2D eigenvalue weighted by Gasteiger charge is -2.57. The molecule has 2 atom stereocenters. The Labute approximate surface area is 118 Å². The molecule has 2 unspecified atom stereocenters. The minimum Gasteiger partial charge on any atom is -0.396 e. The molecule has 0 aliphatic carbocycles. The molecule has 0 aromatic carbocycles. The highest BCUT2D eigenvalue weighted by Crippen LogP contribution is 2.46. The molecule has 19 heavy (non-hydrogen) atoms. The first-order chi connectivity index (χ1) is 9.01. The van der Waals surface area contributed by atoms with E-state index in [0.717, 1.165) is 38.3 Å². The van der Waals surface area contributed by atoms with Gasteiger partial charge in [0.05, 0.1) is 5.66 Å². The van der Waals surface area contributed by atoms with Crippen molar-refractivity contribution >= 4 is 8.56 Å². The van der Waals surface area contributed by atoms with Crippen LogP contribution >= 0.6 is 0 Å². The van der Waals surface area contributed by atoms with Crippen LogP contribution in [-0.2, 0) is 13.6 Å². The van der Waals surface area contributed by atoms with E-state index in [1.807, 2.05) is 0 Å². The van der Waals surface area contributed by atoms with Crippen molar-refractivity contribution in [2.24, 2.45) is 5.73 Å². The molecular formula is C13H30N2O3Si. The number of methoxy groups -OCH3 is 1. The monoisotopic (exact) mass is 290 g/mol. The van der Waals surface area contributed by atoms with Gasteiger partial charge in [-0.3, -0.25) is 5.32 Å². The number of hydrogen-bond acceptors (Lipinski definition) is 5. The van der Waals surface area contributed by atoms with Crippen LogP contribution in [-0.4, -0.2) is 47.3 Å². The molecule has 5 nitrogen and oxygen atoms in total. The molecule has 1 aliphatic heterocycles. The molecule has 1 aliphatic rings. The van der Waals surface area contributed by atoms with E-state index in [1.54, 1.807) is 21.3 Å². The lowest BCUT2D eigenvalue weighted by molar-refractivity contribution is -0.0785. The topological polar surface area (TPSA) is 65.7 Å². The summed E-state index contributed by atoms with van der Waals surface area (Å²) in [4.78, 5) is 0. The average molecular weight is 290 g/mol. The van der Waals surface area contributed by atoms with Crippen LogP contribution in [0.4, 0.5) is 0 Å². The zero-order valence-electron chi connectivity index (χ0n) is 13.0. The molecule has 0 radical (unpaired) electrons. The maximum atomic E-state index is 6.71. The van der Waals surface area contributed by atoms with E-state index in [-0.39, 0.29) is 0 Å². The van der Waals surface area contributed by atoms with Crippen LogP contribution in [0, 0.1) is 0 Å². The van der Waals surface area contributed by atoms with Crippen LogP contribution < -0.4 is 11.1 Å². The summed E-state index contributed by atoms with van der Waals surface area (Å²) in [6.07, 6.45) is 3.73. The van der Waals surface area contributed by atoms with E-state index >= 15 is 0 Å². The highest BCUT2D eigenvalue weighted by molar-refractivity contribution is 6.71. The van der Waals surface area contributed by atoms with Crippen LogP contribution in [0.3, 0.4) is 0 Å². The van der Waals surface area contributed by atoms with Crippen molar-refractivity contribution in [2.45, 2.75) is 56.5 Å². The van der Waals surface area contributed by atoms with Gasteiger partial charge in [-0.25, -0.2) is 0 Å². The average Bonchev–Trinajstić information content (AvgIpc) is 2.41. The summed E-state index contributed by atoms with van der Waals surface area (Å²) in [5, 5.41) is 2.89. The third-order valence-electron chi connectivity index (χ3n) is 4.52. The second kappa shape index (κ2) is 6.65.